The maximum Gasteiger partial charge on any atom is 0.409 e. The fourth-order valence-electron chi connectivity index (χ4n) is 3.85. The number of amides is 1. The van der Waals surface area contributed by atoms with Crippen molar-refractivity contribution in [1.82, 2.24) is 9.80 Å². The third-order valence-electron chi connectivity index (χ3n) is 5.25. The van der Waals surface area contributed by atoms with Gasteiger partial charge in [0.05, 0.1) is 20.8 Å². The molecule has 1 aromatic rings. The van der Waals surface area contributed by atoms with E-state index in [0.29, 0.717) is 12.6 Å². The Labute approximate surface area is 149 Å². The quantitative estimate of drug-likeness (QED) is 0.837. The Morgan fingerprint density at radius 2 is 1.72 bits per heavy atom. The zero-order valence-corrected chi connectivity index (χ0v) is 15.4. The van der Waals surface area contributed by atoms with Crippen molar-refractivity contribution in [3.63, 3.8) is 0 Å². The molecule has 1 fully saturated rings. The first kappa shape index (κ1) is 17.9. The second-order valence-corrected chi connectivity index (χ2v) is 6.61. The molecule has 138 valence electrons. The minimum Gasteiger partial charge on any atom is -0.493 e. The number of fused-ring (bicyclic) bond motifs is 1. The zero-order valence-electron chi connectivity index (χ0n) is 15.4. The molecule has 0 atom stereocenters. The third-order valence-corrected chi connectivity index (χ3v) is 5.25. The largest absolute Gasteiger partial charge is 0.493 e. The number of carbonyl (C=O) groups is 1. The summed E-state index contributed by atoms with van der Waals surface area (Å²) in [5, 5.41) is 0. The Kier molecular flexibility index (Phi) is 5.68. The first-order valence-electron chi connectivity index (χ1n) is 9.05. The van der Waals surface area contributed by atoms with Crippen LogP contribution < -0.4 is 9.47 Å². The van der Waals surface area contributed by atoms with Gasteiger partial charge >= 0.3 is 6.09 Å². The molecule has 0 saturated carbocycles. The van der Waals surface area contributed by atoms with Crippen molar-refractivity contribution in [2.75, 3.05) is 40.5 Å². The van der Waals surface area contributed by atoms with Crippen LogP contribution in [0.25, 0.3) is 0 Å². The van der Waals surface area contributed by atoms with Gasteiger partial charge < -0.3 is 19.1 Å². The Balaban J connectivity index is 1.63. The fraction of sp³-hybridized carbons (Fsp3) is 0.632. The lowest BCUT2D eigenvalue weighted by molar-refractivity contribution is 0.0706. The van der Waals surface area contributed by atoms with E-state index in [1.165, 1.54) is 11.1 Å². The Morgan fingerprint density at radius 3 is 2.32 bits per heavy atom. The van der Waals surface area contributed by atoms with Gasteiger partial charge in [-0.05, 0) is 49.4 Å². The van der Waals surface area contributed by atoms with Crippen LogP contribution in [0.5, 0.6) is 11.5 Å². The van der Waals surface area contributed by atoms with Crippen molar-refractivity contribution in [2.24, 2.45) is 0 Å². The highest BCUT2D eigenvalue weighted by Crippen LogP contribution is 2.34. The number of hydrogen-bond acceptors (Lipinski definition) is 5. The third kappa shape index (κ3) is 3.84. The molecule has 6 heteroatoms. The van der Waals surface area contributed by atoms with E-state index in [1.807, 2.05) is 11.8 Å². The number of methoxy groups -OCH3 is 2. The number of likely N-dealkylation sites (tertiary alicyclic amines) is 1. The first-order valence-corrected chi connectivity index (χ1v) is 9.05. The fourth-order valence-corrected chi connectivity index (χ4v) is 3.85. The predicted octanol–water partition coefficient (Wildman–Crippen LogP) is 2.68. The van der Waals surface area contributed by atoms with Gasteiger partial charge in [-0.2, -0.15) is 0 Å². The van der Waals surface area contributed by atoms with E-state index in [4.69, 9.17) is 14.2 Å². The summed E-state index contributed by atoms with van der Waals surface area (Å²) in [5.74, 6) is 1.60. The molecule has 25 heavy (non-hydrogen) atoms. The second kappa shape index (κ2) is 7.95. The summed E-state index contributed by atoms with van der Waals surface area (Å²) < 4.78 is 16.0. The summed E-state index contributed by atoms with van der Waals surface area (Å²) in [4.78, 5) is 16.2. The van der Waals surface area contributed by atoms with Gasteiger partial charge in [-0.25, -0.2) is 4.79 Å². The molecule has 0 aromatic heterocycles. The van der Waals surface area contributed by atoms with Crippen LogP contribution >= 0.6 is 0 Å². The van der Waals surface area contributed by atoms with Gasteiger partial charge in [-0.1, -0.05) is 0 Å². The van der Waals surface area contributed by atoms with Crippen LogP contribution in [0.2, 0.25) is 0 Å². The summed E-state index contributed by atoms with van der Waals surface area (Å²) in [6, 6.07) is 4.73. The van der Waals surface area contributed by atoms with E-state index in [2.05, 4.69) is 17.0 Å². The molecular formula is C19H28N2O4. The van der Waals surface area contributed by atoms with E-state index in [-0.39, 0.29) is 6.09 Å². The zero-order chi connectivity index (χ0) is 17.8. The highest BCUT2D eigenvalue weighted by atomic mass is 16.6. The maximum atomic E-state index is 11.8. The molecule has 0 unspecified atom stereocenters. The molecule has 1 amide bonds. The van der Waals surface area contributed by atoms with Crippen LogP contribution in [0.3, 0.4) is 0 Å². The van der Waals surface area contributed by atoms with Gasteiger partial charge in [0.15, 0.2) is 11.5 Å². The number of piperidine rings is 1. The Morgan fingerprint density at radius 1 is 1.08 bits per heavy atom. The van der Waals surface area contributed by atoms with Crippen molar-refractivity contribution in [2.45, 2.75) is 38.8 Å². The van der Waals surface area contributed by atoms with Crippen molar-refractivity contribution < 1.29 is 19.0 Å². The molecule has 0 bridgehead atoms. The van der Waals surface area contributed by atoms with Crippen molar-refractivity contribution in [3.05, 3.63) is 23.3 Å². The predicted molar refractivity (Wildman–Crippen MR) is 95.3 cm³/mol. The standard InChI is InChI=1S/C19H28N2O4/c1-4-25-19(22)20-9-6-16(7-10-20)21-8-5-14-11-17(23-2)18(24-3)12-15(14)13-21/h11-12,16H,4-10,13H2,1-3H3. The van der Waals surface area contributed by atoms with Crippen LogP contribution in [0.1, 0.15) is 30.9 Å². The molecule has 1 saturated heterocycles. The van der Waals surface area contributed by atoms with E-state index in [0.717, 1.165) is 56.9 Å². The SMILES string of the molecule is CCOC(=O)N1CCC(N2CCc3cc(OC)c(OC)cc3C2)CC1. The molecule has 2 heterocycles. The van der Waals surface area contributed by atoms with Crippen LogP contribution in [-0.2, 0) is 17.7 Å². The molecule has 0 N–H and O–H groups in total. The minimum atomic E-state index is -0.179. The van der Waals surface area contributed by atoms with E-state index >= 15 is 0 Å². The lowest BCUT2D eigenvalue weighted by atomic mass is 9.95. The normalized spacial score (nSPS) is 18.6. The number of carbonyl (C=O) groups excluding carboxylic acids is 1. The Hall–Kier alpha value is -1.95. The van der Waals surface area contributed by atoms with Gasteiger partial charge in [0, 0.05) is 32.2 Å². The van der Waals surface area contributed by atoms with Crippen LogP contribution in [0.15, 0.2) is 12.1 Å². The molecule has 3 rings (SSSR count). The van der Waals surface area contributed by atoms with Crippen LogP contribution in [0.4, 0.5) is 4.79 Å². The van der Waals surface area contributed by atoms with Crippen molar-refractivity contribution in [1.29, 1.82) is 0 Å². The van der Waals surface area contributed by atoms with E-state index in [1.54, 1.807) is 14.2 Å². The molecule has 0 spiro atoms. The summed E-state index contributed by atoms with van der Waals surface area (Å²) >= 11 is 0. The Bertz CT molecular complexity index is 612. The number of ether oxygens (including phenoxy) is 3. The summed E-state index contributed by atoms with van der Waals surface area (Å²) in [6.45, 7) is 5.82. The molecule has 0 aliphatic carbocycles. The highest BCUT2D eigenvalue weighted by molar-refractivity contribution is 5.67. The topological polar surface area (TPSA) is 51.2 Å². The molecule has 2 aliphatic heterocycles. The van der Waals surface area contributed by atoms with Crippen molar-refractivity contribution >= 4 is 6.09 Å². The van der Waals surface area contributed by atoms with Gasteiger partial charge in [-0.3, -0.25) is 4.90 Å². The van der Waals surface area contributed by atoms with Gasteiger partial charge in [0.2, 0.25) is 0 Å². The molecule has 1 aromatic carbocycles. The minimum absolute atomic E-state index is 0.179. The summed E-state index contributed by atoms with van der Waals surface area (Å²) in [6.07, 6.45) is 2.85. The van der Waals surface area contributed by atoms with Crippen LogP contribution in [-0.4, -0.2) is 62.4 Å². The highest BCUT2D eigenvalue weighted by Gasteiger charge is 2.30. The average Bonchev–Trinajstić information content (AvgIpc) is 2.66. The average molecular weight is 348 g/mol. The lowest BCUT2D eigenvalue weighted by Gasteiger charge is -2.40. The molecule has 6 nitrogen and oxygen atoms in total. The summed E-state index contributed by atoms with van der Waals surface area (Å²) in [5.41, 5.74) is 2.66. The van der Waals surface area contributed by atoms with E-state index < -0.39 is 0 Å². The molecule has 2 aliphatic rings. The van der Waals surface area contributed by atoms with Crippen LogP contribution in [0, 0.1) is 0 Å². The maximum absolute atomic E-state index is 11.8. The number of rotatable bonds is 4. The number of hydrogen-bond donors (Lipinski definition) is 0. The van der Waals surface area contributed by atoms with Crippen molar-refractivity contribution in [3.8, 4) is 11.5 Å². The lowest BCUT2D eigenvalue weighted by Crippen LogP contribution is -2.48. The molecular weight excluding hydrogens is 320 g/mol. The van der Waals surface area contributed by atoms with Gasteiger partial charge in [-0.15, -0.1) is 0 Å². The summed E-state index contributed by atoms with van der Waals surface area (Å²) in [7, 11) is 3.35. The second-order valence-electron chi connectivity index (χ2n) is 6.61. The first-order chi connectivity index (χ1) is 12.2. The number of nitrogens with zero attached hydrogens (tertiary/aromatic N) is 2. The molecule has 0 radical (unpaired) electrons. The number of benzene rings is 1. The van der Waals surface area contributed by atoms with Gasteiger partial charge in [0.1, 0.15) is 0 Å². The van der Waals surface area contributed by atoms with Gasteiger partial charge in [0.25, 0.3) is 0 Å². The monoisotopic (exact) mass is 348 g/mol. The smallest absolute Gasteiger partial charge is 0.409 e. The van der Waals surface area contributed by atoms with E-state index in [9.17, 15) is 4.79 Å².